The topological polar surface area (TPSA) is 26.3 Å². The van der Waals surface area contributed by atoms with Crippen LogP contribution >= 0.6 is 0 Å². The van der Waals surface area contributed by atoms with Gasteiger partial charge in [0.2, 0.25) is 0 Å². The van der Waals surface area contributed by atoms with Gasteiger partial charge in [-0.25, -0.2) is 0 Å². The Morgan fingerprint density at radius 3 is 2.33 bits per heavy atom. The van der Waals surface area contributed by atoms with Crippen LogP contribution in [0.2, 0.25) is 0 Å². The van der Waals surface area contributed by atoms with Crippen molar-refractivity contribution in [1.82, 2.24) is 0 Å². The minimum absolute atomic E-state index is 0.0403. The van der Waals surface area contributed by atoms with Crippen LogP contribution in [0.4, 0.5) is 0 Å². The first-order chi connectivity index (χ1) is 6.95. The summed E-state index contributed by atoms with van der Waals surface area (Å²) in [6, 6.07) is 0. The molecule has 0 fully saturated rings. The maximum atomic E-state index is 11.3. The summed E-state index contributed by atoms with van der Waals surface area (Å²) in [5, 5.41) is 0. The van der Waals surface area contributed by atoms with Crippen LogP contribution in [0, 0.1) is 5.41 Å². The average molecular weight is 214 g/mol. The quantitative estimate of drug-likeness (QED) is 0.474. The van der Waals surface area contributed by atoms with E-state index in [1.807, 2.05) is 0 Å². The van der Waals surface area contributed by atoms with Gasteiger partial charge in [0.1, 0.15) is 0 Å². The van der Waals surface area contributed by atoms with Crippen molar-refractivity contribution in [2.75, 3.05) is 6.61 Å². The number of esters is 1. The number of carbonyl (C=O) groups excluding carboxylic acids is 1. The van der Waals surface area contributed by atoms with Gasteiger partial charge in [0, 0.05) is 6.42 Å². The molecule has 0 radical (unpaired) electrons. The fourth-order valence-corrected chi connectivity index (χ4v) is 1.26. The number of ether oxygens (including phenoxy) is 1. The lowest BCUT2D eigenvalue weighted by Gasteiger charge is -2.16. The molecule has 2 nitrogen and oxygen atoms in total. The Morgan fingerprint density at radius 1 is 1.13 bits per heavy atom. The summed E-state index contributed by atoms with van der Waals surface area (Å²) in [6.45, 7) is 9.20. The molecule has 0 aliphatic heterocycles. The van der Waals surface area contributed by atoms with Gasteiger partial charge in [-0.05, 0) is 18.3 Å². The van der Waals surface area contributed by atoms with E-state index in [-0.39, 0.29) is 11.4 Å². The highest BCUT2D eigenvalue weighted by Gasteiger charge is 2.13. The van der Waals surface area contributed by atoms with Crippen LogP contribution in [-0.4, -0.2) is 12.6 Å². The van der Waals surface area contributed by atoms with Crippen molar-refractivity contribution in [3.8, 4) is 0 Å². The molecule has 90 valence electrons. The first-order valence-electron chi connectivity index (χ1n) is 6.11. The van der Waals surface area contributed by atoms with Crippen LogP contribution in [0.5, 0.6) is 0 Å². The van der Waals surface area contributed by atoms with Gasteiger partial charge in [-0.15, -0.1) is 0 Å². The molecule has 0 aliphatic carbocycles. The predicted octanol–water partition coefficient (Wildman–Crippen LogP) is 3.94. The third kappa shape index (κ3) is 11.4. The van der Waals surface area contributed by atoms with E-state index in [9.17, 15) is 4.79 Å². The van der Waals surface area contributed by atoms with Gasteiger partial charge in [-0.3, -0.25) is 4.79 Å². The number of hydrogen-bond donors (Lipinski definition) is 0. The van der Waals surface area contributed by atoms with Gasteiger partial charge >= 0.3 is 5.97 Å². The minimum atomic E-state index is -0.0403. The molecule has 0 saturated heterocycles. The number of carbonyl (C=O) groups is 1. The van der Waals surface area contributed by atoms with E-state index in [0.717, 1.165) is 12.8 Å². The smallest absolute Gasteiger partial charge is 0.305 e. The molecule has 0 heterocycles. The SMILES string of the molecule is CCCCCCOC(=O)CCC(C)(C)C. The first-order valence-corrected chi connectivity index (χ1v) is 6.11. The predicted molar refractivity (Wildman–Crippen MR) is 63.8 cm³/mol. The summed E-state index contributed by atoms with van der Waals surface area (Å²) in [7, 11) is 0. The highest BCUT2D eigenvalue weighted by Crippen LogP contribution is 2.20. The van der Waals surface area contributed by atoms with Crippen LogP contribution in [0.15, 0.2) is 0 Å². The molecule has 2 heteroatoms. The van der Waals surface area contributed by atoms with Crippen LogP contribution in [0.1, 0.15) is 66.2 Å². The first kappa shape index (κ1) is 14.5. The van der Waals surface area contributed by atoms with Crippen molar-refractivity contribution in [3.63, 3.8) is 0 Å². The number of unbranched alkanes of at least 4 members (excludes halogenated alkanes) is 3. The lowest BCUT2D eigenvalue weighted by molar-refractivity contribution is -0.144. The Balaban J connectivity index is 3.34. The number of rotatable bonds is 7. The largest absolute Gasteiger partial charge is 0.466 e. The second-order valence-corrected chi connectivity index (χ2v) is 5.34. The van der Waals surface area contributed by atoms with Crippen molar-refractivity contribution in [2.24, 2.45) is 5.41 Å². The van der Waals surface area contributed by atoms with Gasteiger partial charge in [-0.2, -0.15) is 0 Å². The zero-order valence-electron chi connectivity index (χ0n) is 10.8. The minimum Gasteiger partial charge on any atom is -0.466 e. The second kappa shape index (κ2) is 7.72. The molecule has 0 aliphatic rings. The van der Waals surface area contributed by atoms with E-state index in [4.69, 9.17) is 4.74 Å². The molecular formula is C13H26O2. The summed E-state index contributed by atoms with van der Waals surface area (Å²) in [4.78, 5) is 11.3. The van der Waals surface area contributed by atoms with Crippen LogP contribution in [0.3, 0.4) is 0 Å². The zero-order chi connectivity index (χ0) is 11.7. The van der Waals surface area contributed by atoms with Crippen LogP contribution < -0.4 is 0 Å². The average Bonchev–Trinajstić information content (AvgIpc) is 2.13. The molecule has 0 N–H and O–H groups in total. The van der Waals surface area contributed by atoms with Crippen molar-refractivity contribution in [1.29, 1.82) is 0 Å². The van der Waals surface area contributed by atoms with Crippen molar-refractivity contribution in [2.45, 2.75) is 66.2 Å². The van der Waals surface area contributed by atoms with Crippen molar-refractivity contribution < 1.29 is 9.53 Å². The molecule has 0 aromatic heterocycles. The molecule has 15 heavy (non-hydrogen) atoms. The standard InChI is InChI=1S/C13H26O2/c1-5-6-7-8-11-15-12(14)9-10-13(2,3)4/h5-11H2,1-4H3. The van der Waals surface area contributed by atoms with E-state index in [2.05, 4.69) is 27.7 Å². The summed E-state index contributed by atoms with van der Waals surface area (Å²) < 4.78 is 5.15. The summed E-state index contributed by atoms with van der Waals surface area (Å²) in [6.07, 6.45) is 6.09. The highest BCUT2D eigenvalue weighted by molar-refractivity contribution is 5.69. The van der Waals surface area contributed by atoms with E-state index in [0.29, 0.717) is 13.0 Å². The Hall–Kier alpha value is -0.530. The molecule has 0 aromatic rings. The van der Waals surface area contributed by atoms with Crippen molar-refractivity contribution >= 4 is 5.97 Å². The molecule has 0 spiro atoms. The van der Waals surface area contributed by atoms with E-state index >= 15 is 0 Å². The number of hydrogen-bond acceptors (Lipinski definition) is 2. The summed E-state index contributed by atoms with van der Waals surface area (Å²) in [5.41, 5.74) is 0.223. The third-order valence-electron chi connectivity index (χ3n) is 2.34. The van der Waals surface area contributed by atoms with Gasteiger partial charge in [-0.1, -0.05) is 47.0 Å². The fourth-order valence-electron chi connectivity index (χ4n) is 1.26. The van der Waals surface area contributed by atoms with E-state index in [1.54, 1.807) is 0 Å². The Labute approximate surface area is 94.4 Å². The summed E-state index contributed by atoms with van der Waals surface area (Å²) >= 11 is 0. The normalized spacial score (nSPS) is 11.5. The molecule has 0 saturated carbocycles. The maximum absolute atomic E-state index is 11.3. The monoisotopic (exact) mass is 214 g/mol. The van der Waals surface area contributed by atoms with Gasteiger partial charge < -0.3 is 4.74 Å². The maximum Gasteiger partial charge on any atom is 0.305 e. The molecule has 0 atom stereocenters. The molecule has 0 rings (SSSR count). The molecular weight excluding hydrogens is 188 g/mol. The Morgan fingerprint density at radius 2 is 1.80 bits per heavy atom. The van der Waals surface area contributed by atoms with Crippen molar-refractivity contribution in [3.05, 3.63) is 0 Å². The van der Waals surface area contributed by atoms with E-state index in [1.165, 1.54) is 19.3 Å². The lowest BCUT2D eigenvalue weighted by Crippen LogP contribution is -2.11. The van der Waals surface area contributed by atoms with Gasteiger partial charge in [0.25, 0.3) is 0 Å². The fraction of sp³-hybridized carbons (Fsp3) is 0.923. The molecule has 0 bridgehead atoms. The van der Waals surface area contributed by atoms with Gasteiger partial charge in [0.15, 0.2) is 0 Å². The molecule has 0 aromatic carbocycles. The molecule has 0 amide bonds. The zero-order valence-corrected chi connectivity index (χ0v) is 10.8. The lowest BCUT2D eigenvalue weighted by atomic mass is 9.91. The molecule has 0 unspecified atom stereocenters. The summed E-state index contributed by atoms with van der Waals surface area (Å²) in [5.74, 6) is -0.0403. The van der Waals surface area contributed by atoms with Crippen LogP contribution in [0.25, 0.3) is 0 Å². The van der Waals surface area contributed by atoms with Crippen LogP contribution in [-0.2, 0) is 9.53 Å². The highest BCUT2D eigenvalue weighted by atomic mass is 16.5. The Kier molecular flexibility index (Phi) is 7.45. The van der Waals surface area contributed by atoms with E-state index < -0.39 is 0 Å². The van der Waals surface area contributed by atoms with Gasteiger partial charge in [0.05, 0.1) is 6.61 Å². The second-order valence-electron chi connectivity index (χ2n) is 5.34. The third-order valence-corrected chi connectivity index (χ3v) is 2.34. The Bertz CT molecular complexity index is 168.